The topological polar surface area (TPSA) is 123 Å². The molecule has 0 unspecified atom stereocenters. The molecule has 33 heavy (non-hydrogen) atoms. The highest BCUT2D eigenvalue weighted by Crippen LogP contribution is 2.41. The maximum atomic E-state index is 10.5. The normalized spacial score (nSPS) is 29.0. The molecular formula is C26H31NO6. The van der Waals surface area contributed by atoms with Crippen molar-refractivity contribution in [1.29, 1.82) is 5.26 Å². The van der Waals surface area contributed by atoms with E-state index in [1.54, 1.807) is 25.3 Å². The van der Waals surface area contributed by atoms with Crippen LogP contribution >= 0.6 is 0 Å². The van der Waals surface area contributed by atoms with E-state index in [0.29, 0.717) is 17.5 Å². The van der Waals surface area contributed by atoms with Gasteiger partial charge in [0, 0.05) is 7.11 Å². The lowest BCUT2D eigenvalue weighted by molar-refractivity contribution is -0.231. The van der Waals surface area contributed by atoms with Gasteiger partial charge in [-0.15, -0.1) is 0 Å². The lowest BCUT2D eigenvalue weighted by atomic mass is 9.88. The molecule has 0 bridgehead atoms. The van der Waals surface area contributed by atoms with Crippen molar-refractivity contribution in [2.75, 3.05) is 13.7 Å². The van der Waals surface area contributed by atoms with Gasteiger partial charge < -0.3 is 29.9 Å². The molecule has 1 saturated carbocycles. The van der Waals surface area contributed by atoms with Gasteiger partial charge in [0.05, 0.1) is 23.8 Å². The monoisotopic (exact) mass is 453 g/mol. The summed E-state index contributed by atoms with van der Waals surface area (Å²) in [6.07, 6.45) is -1.28. The van der Waals surface area contributed by atoms with Gasteiger partial charge >= 0.3 is 0 Å². The van der Waals surface area contributed by atoms with Crippen molar-refractivity contribution in [2.24, 2.45) is 0 Å². The molecule has 176 valence electrons. The zero-order valence-corrected chi connectivity index (χ0v) is 18.7. The molecule has 1 saturated heterocycles. The van der Waals surface area contributed by atoms with E-state index in [1.807, 2.05) is 0 Å². The van der Waals surface area contributed by atoms with E-state index < -0.39 is 37.1 Å². The number of nitriles is 1. The van der Waals surface area contributed by atoms with Crippen LogP contribution in [0.2, 0.25) is 0 Å². The Kier molecular flexibility index (Phi) is 7.15. The Balaban J connectivity index is 1.58. The van der Waals surface area contributed by atoms with Gasteiger partial charge in [-0.3, -0.25) is 0 Å². The molecule has 2 fully saturated rings. The van der Waals surface area contributed by atoms with Crippen LogP contribution in [0.1, 0.15) is 59.6 Å². The van der Waals surface area contributed by atoms with E-state index in [1.165, 1.54) is 5.56 Å². The highest BCUT2D eigenvalue weighted by molar-refractivity contribution is 5.44. The van der Waals surface area contributed by atoms with E-state index in [9.17, 15) is 25.7 Å². The van der Waals surface area contributed by atoms with Crippen LogP contribution in [0.3, 0.4) is 0 Å². The van der Waals surface area contributed by atoms with E-state index in [2.05, 4.69) is 30.3 Å². The Hall–Kier alpha value is -2.31. The second-order valence-corrected chi connectivity index (χ2v) is 9.06. The molecular weight excluding hydrogens is 422 g/mol. The van der Waals surface area contributed by atoms with Crippen LogP contribution in [0.25, 0.3) is 0 Å². The van der Waals surface area contributed by atoms with Gasteiger partial charge in [-0.25, -0.2) is 0 Å². The average molecular weight is 454 g/mol. The number of nitrogens with zero attached hydrogens (tertiary/aromatic N) is 1. The zero-order chi connectivity index (χ0) is 23.6. The summed E-state index contributed by atoms with van der Waals surface area (Å²) in [6.45, 7) is -0.486. The minimum Gasteiger partial charge on any atom is -0.394 e. The first-order valence-corrected chi connectivity index (χ1v) is 11.4. The van der Waals surface area contributed by atoms with Crippen LogP contribution in [-0.4, -0.2) is 58.6 Å². The molecule has 0 spiro atoms. The molecule has 1 aliphatic carbocycles. The van der Waals surface area contributed by atoms with Crippen LogP contribution in [0, 0.1) is 11.3 Å². The number of hydrogen-bond donors (Lipinski definition) is 4. The highest BCUT2D eigenvalue weighted by atomic mass is 16.5. The summed E-state index contributed by atoms with van der Waals surface area (Å²) in [5, 5.41) is 49.7. The average Bonchev–Trinajstić information content (AvgIpc) is 3.34. The van der Waals surface area contributed by atoms with Crippen LogP contribution < -0.4 is 0 Å². The van der Waals surface area contributed by atoms with Crippen molar-refractivity contribution in [3.05, 3.63) is 70.3 Å². The minimum absolute atomic E-state index is 0.209. The Labute approximate surface area is 193 Å². The SMILES string of the molecule is COC1(c2ccc(Cc3cc([C@@H]4O[C@H](CO)[C@@H](O)[C@H](O)[C@H]4O)ccc3C#N)cc2)CCCC1. The summed E-state index contributed by atoms with van der Waals surface area (Å²) in [6, 6.07) is 15.6. The minimum atomic E-state index is -1.45. The van der Waals surface area contributed by atoms with Crippen LogP contribution in [0.15, 0.2) is 42.5 Å². The van der Waals surface area contributed by atoms with Crippen LogP contribution in [0.4, 0.5) is 0 Å². The van der Waals surface area contributed by atoms with Gasteiger partial charge in [-0.1, -0.05) is 49.2 Å². The van der Waals surface area contributed by atoms with Gasteiger partial charge in [0.1, 0.15) is 30.5 Å². The van der Waals surface area contributed by atoms with E-state index in [0.717, 1.165) is 36.8 Å². The zero-order valence-electron chi connectivity index (χ0n) is 18.7. The lowest BCUT2D eigenvalue weighted by Crippen LogP contribution is -2.55. The smallest absolute Gasteiger partial charge is 0.113 e. The Morgan fingerprint density at radius 2 is 1.73 bits per heavy atom. The third kappa shape index (κ3) is 4.56. The molecule has 2 aliphatic rings. The van der Waals surface area contributed by atoms with Crippen molar-refractivity contribution < 1.29 is 29.9 Å². The largest absolute Gasteiger partial charge is 0.394 e. The number of rotatable bonds is 6. The predicted molar refractivity (Wildman–Crippen MR) is 120 cm³/mol. The van der Waals surface area contributed by atoms with Gasteiger partial charge in [0.2, 0.25) is 0 Å². The van der Waals surface area contributed by atoms with Gasteiger partial charge in [-0.2, -0.15) is 5.26 Å². The van der Waals surface area contributed by atoms with Crippen LogP contribution in [0.5, 0.6) is 0 Å². The van der Waals surface area contributed by atoms with Crippen molar-refractivity contribution in [3.63, 3.8) is 0 Å². The second-order valence-electron chi connectivity index (χ2n) is 9.06. The lowest BCUT2D eigenvalue weighted by Gasteiger charge is -2.40. The van der Waals surface area contributed by atoms with E-state index >= 15 is 0 Å². The summed E-state index contributed by atoms with van der Waals surface area (Å²) in [4.78, 5) is 0. The van der Waals surface area contributed by atoms with Crippen molar-refractivity contribution in [2.45, 2.75) is 68.2 Å². The van der Waals surface area contributed by atoms with E-state index in [4.69, 9.17) is 9.47 Å². The van der Waals surface area contributed by atoms with Gasteiger partial charge in [-0.05, 0) is 47.6 Å². The number of hydrogen-bond acceptors (Lipinski definition) is 7. The Morgan fingerprint density at radius 3 is 2.33 bits per heavy atom. The molecule has 2 aromatic carbocycles. The summed E-state index contributed by atoms with van der Waals surface area (Å²) in [7, 11) is 1.77. The predicted octanol–water partition coefficient (Wildman–Crippen LogP) is 2.08. The number of methoxy groups -OCH3 is 1. The van der Waals surface area contributed by atoms with Crippen molar-refractivity contribution in [3.8, 4) is 6.07 Å². The maximum absolute atomic E-state index is 10.5. The first-order chi connectivity index (χ1) is 15.9. The molecule has 7 nitrogen and oxygen atoms in total. The molecule has 0 radical (unpaired) electrons. The van der Waals surface area contributed by atoms with Crippen molar-refractivity contribution >= 4 is 0 Å². The van der Waals surface area contributed by atoms with Gasteiger partial charge in [0.25, 0.3) is 0 Å². The summed E-state index contributed by atoms with van der Waals surface area (Å²) in [5.41, 5.74) is 3.84. The third-order valence-corrected chi connectivity index (χ3v) is 7.15. The standard InChI is InChI=1S/C26H31NO6/c1-32-26(10-2-3-11-26)20-8-4-16(5-9-20)12-19-13-17(6-7-18(19)14-27)25-24(31)23(30)22(29)21(15-28)33-25/h4-9,13,21-25,28-31H,2-3,10-12,15H2,1H3/t21-,22-,23+,24-,25+/m1/s1. The first-order valence-electron chi connectivity index (χ1n) is 11.4. The molecule has 1 heterocycles. The third-order valence-electron chi connectivity index (χ3n) is 7.15. The summed E-state index contributed by atoms with van der Waals surface area (Å²) >= 11 is 0. The molecule has 4 N–H and O–H groups in total. The van der Waals surface area contributed by atoms with Crippen LogP contribution in [-0.2, 0) is 21.5 Å². The van der Waals surface area contributed by atoms with Crippen molar-refractivity contribution in [1.82, 2.24) is 0 Å². The molecule has 7 heteroatoms. The molecule has 0 aromatic heterocycles. The molecule has 2 aromatic rings. The van der Waals surface area contributed by atoms with Gasteiger partial charge in [0.15, 0.2) is 0 Å². The summed E-state index contributed by atoms with van der Waals surface area (Å²) in [5.74, 6) is 0. The first kappa shape index (κ1) is 23.8. The number of benzene rings is 2. The molecule has 4 rings (SSSR count). The fourth-order valence-corrected chi connectivity index (χ4v) is 5.13. The molecule has 0 amide bonds. The quantitative estimate of drug-likeness (QED) is 0.528. The fourth-order valence-electron chi connectivity index (χ4n) is 5.13. The number of aliphatic hydroxyl groups is 4. The number of ether oxygens (including phenoxy) is 2. The Bertz CT molecular complexity index is 993. The maximum Gasteiger partial charge on any atom is 0.113 e. The second kappa shape index (κ2) is 9.90. The van der Waals surface area contributed by atoms with E-state index in [-0.39, 0.29) is 5.60 Å². The fraction of sp³-hybridized carbons (Fsp3) is 0.500. The highest BCUT2D eigenvalue weighted by Gasteiger charge is 2.44. The number of aliphatic hydroxyl groups excluding tert-OH is 4. The Morgan fingerprint density at radius 1 is 1.03 bits per heavy atom. The molecule has 5 atom stereocenters. The summed E-state index contributed by atoms with van der Waals surface area (Å²) < 4.78 is 11.6. The molecule has 1 aliphatic heterocycles.